The van der Waals surface area contributed by atoms with Crippen LogP contribution in [0.15, 0.2) is 30.3 Å². The third-order valence-electron chi connectivity index (χ3n) is 5.22. The van der Waals surface area contributed by atoms with E-state index in [1.54, 1.807) is 0 Å². The number of nitrogens with one attached hydrogen (secondary N) is 1. The third-order valence-corrected chi connectivity index (χ3v) is 7.20. The maximum atomic E-state index is 14.1. The number of carbonyl (C=O) groups is 2. The molecule has 39 heavy (non-hydrogen) atoms. The maximum Gasteiger partial charge on any atom is 0.417 e. The van der Waals surface area contributed by atoms with E-state index < -0.39 is 79.5 Å². The first-order valence-electron chi connectivity index (χ1n) is 10.5. The Bertz CT molecular complexity index is 1400. The lowest BCUT2D eigenvalue weighted by molar-refractivity contribution is -0.140. The van der Waals surface area contributed by atoms with E-state index in [1.165, 1.54) is 0 Å². The van der Waals surface area contributed by atoms with Crippen LogP contribution in [0, 0.1) is 0 Å². The molecule has 0 fully saturated rings. The lowest BCUT2D eigenvalue weighted by Gasteiger charge is -2.24. The zero-order chi connectivity index (χ0) is 30.1. The Kier molecular flexibility index (Phi) is 10.0. The smallest absolute Gasteiger partial charge is 0.366 e. The Balaban J connectivity index is 2.78. The summed E-state index contributed by atoms with van der Waals surface area (Å²) < 4.78 is 107. The SMILES string of the molecule is C[C@H](NC(=O)CS(C)(=O)=O)c1c(/C=C/C(c2cc(Cl)c(Cl)c(Cl)c2)C(F)(F)F)ccc(C(N)=O)c1C(F)(F)F. The van der Waals surface area contributed by atoms with Gasteiger partial charge in [-0.2, -0.15) is 26.3 Å². The van der Waals surface area contributed by atoms with Gasteiger partial charge in [0, 0.05) is 6.26 Å². The third kappa shape index (κ3) is 8.50. The van der Waals surface area contributed by atoms with Crippen LogP contribution in [0.5, 0.6) is 0 Å². The fraction of sp³-hybridized carbons (Fsp3) is 0.304. The highest BCUT2D eigenvalue weighted by Crippen LogP contribution is 2.43. The molecule has 16 heteroatoms. The van der Waals surface area contributed by atoms with Crippen LogP contribution in [0.3, 0.4) is 0 Å². The van der Waals surface area contributed by atoms with E-state index in [2.05, 4.69) is 5.32 Å². The van der Waals surface area contributed by atoms with Gasteiger partial charge in [0.1, 0.15) is 5.75 Å². The number of halogens is 9. The molecule has 0 saturated heterocycles. The zero-order valence-electron chi connectivity index (χ0n) is 19.8. The lowest BCUT2D eigenvalue weighted by Crippen LogP contribution is -2.34. The number of rotatable bonds is 8. The molecule has 0 aliphatic rings. The van der Waals surface area contributed by atoms with Crippen molar-refractivity contribution in [2.24, 2.45) is 5.73 Å². The summed E-state index contributed by atoms with van der Waals surface area (Å²) in [5.74, 6) is -6.17. The minimum atomic E-state index is -5.25. The summed E-state index contributed by atoms with van der Waals surface area (Å²) in [7, 11) is -3.88. The Morgan fingerprint density at radius 1 is 1.05 bits per heavy atom. The first-order valence-corrected chi connectivity index (χ1v) is 13.7. The molecule has 3 N–H and O–H groups in total. The van der Waals surface area contributed by atoms with Gasteiger partial charge in [0.15, 0.2) is 9.84 Å². The molecule has 214 valence electrons. The predicted octanol–water partition coefficient (Wildman–Crippen LogP) is 6.35. The van der Waals surface area contributed by atoms with Crippen LogP contribution >= 0.6 is 34.8 Å². The topological polar surface area (TPSA) is 106 Å². The quantitative estimate of drug-likeness (QED) is 0.260. The molecule has 0 aliphatic carbocycles. The Labute approximate surface area is 234 Å². The largest absolute Gasteiger partial charge is 0.417 e. The van der Waals surface area contributed by atoms with Crippen molar-refractivity contribution in [3.8, 4) is 0 Å². The molecular weight excluding hydrogens is 621 g/mol. The van der Waals surface area contributed by atoms with Gasteiger partial charge in [0.05, 0.1) is 38.2 Å². The fourth-order valence-corrected chi connectivity index (χ4v) is 4.89. The fourth-order valence-electron chi connectivity index (χ4n) is 3.72. The number of hydrogen-bond donors (Lipinski definition) is 2. The highest BCUT2D eigenvalue weighted by atomic mass is 35.5. The number of amides is 2. The first kappa shape index (κ1) is 32.7. The van der Waals surface area contributed by atoms with E-state index in [0.29, 0.717) is 24.5 Å². The lowest BCUT2D eigenvalue weighted by atomic mass is 9.89. The van der Waals surface area contributed by atoms with Gasteiger partial charge >= 0.3 is 12.4 Å². The molecule has 1 unspecified atom stereocenters. The van der Waals surface area contributed by atoms with E-state index in [1.807, 2.05) is 0 Å². The van der Waals surface area contributed by atoms with Crippen molar-refractivity contribution in [3.05, 3.63) is 73.2 Å². The number of hydrogen-bond acceptors (Lipinski definition) is 4. The highest BCUT2D eigenvalue weighted by molar-refractivity contribution is 7.91. The van der Waals surface area contributed by atoms with Gasteiger partial charge in [-0.1, -0.05) is 53.0 Å². The monoisotopic (exact) mass is 638 g/mol. The second kappa shape index (κ2) is 11.9. The van der Waals surface area contributed by atoms with Crippen molar-refractivity contribution in [1.29, 1.82) is 0 Å². The number of alkyl halides is 6. The van der Waals surface area contributed by atoms with E-state index >= 15 is 0 Å². The van der Waals surface area contributed by atoms with Gasteiger partial charge in [-0.05, 0) is 41.8 Å². The summed E-state index contributed by atoms with van der Waals surface area (Å²) in [6.45, 7) is 1.03. The molecule has 0 heterocycles. The standard InChI is InChI=1S/C23H19Cl3F6N2O4S/c1-10(34-17(35)9-39(2,37)38)18-11(3-5-13(21(33)36)19(18)23(30,31)32)4-6-14(22(27,28)29)12-7-15(24)20(26)16(25)8-12/h3-8,10,14H,9H2,1-2H3,(H2,33,36)(H,34,35)/b6-4+/t10-,14?/m0/s1. The van der Waals surface area contributed by atoms with Crippen LogP contribution in [0.1, 0.15) is 51.5 Å². The summed E-state index contributed by atoms with van der Waals surface area (Å²) in [5, 5.41) is 1.27. The molecule has 2 atom stereocenters. The molecule has 2 aromatic rings. The number of sulfone groups is 1. The summed E-state index contributed by atoms with van der Waals surface area (Å²) in [5.41, 5.74) is 0.725. The van der Waals surface area contributed by atoms with E-state index in [4.69, 9.17) is 40.5 Å². The number of allylic oxidation sites excluding steroid dienone is 1. The molecule has 0 saturated carbocycles. The van der Waals surface area contributed by atoms with Gasteiger partial charge in [-0.3, -0.25) is 9.59 Å². The number of nitrogens with two attached hydrogens (primary N) is 1. The second-order valence-electron chi connectivity index (χ2n) is 8.39. The molecule has 2 aromatic carbocycles. The average Bonchev–Trinajstić information content (AvgIpc) is 2.73. The van der Waals surface area contributed by atoms with Gasteiger partial charge < -0.3 is 11.1 Å². The minimum absolute atomic E-state index is 0.204. The van der Waals surface area contributed by atoms with Crippen molar-refractivity contribution in [1.82, 2.24) is 5.32 Å². The van der Waals surface area contributed by atoms with Gasteiger partial charge in [-0.15, -0.1) is 0 Å². The zero-order valence-corrected chi connectivity index (χ0v) is 22.9. The van der Waals surface area contributed by atoms with Crippen LogP contribution in [-0.4, -0.2) is 38.4 Å². The Hall–Kier alpha value is -2.48. The van der Waals surface area contributed by atoms with Crippen LogP contribution in [-0.2, 0) is 20.8 Å². The van der Waals surface area contributed by atoms with Crippen LogP contribution in [0.25, 0.3) is 6.08 Å². The van der Waals surface area contributed by atoms with Gasteiger partial charge in [0.2, 0.25) is 11.8 Å². The summed E-state index contributed by atoms with van der Waals surface area (Å²) >= 11 is 17.5. The van der Waals surface area contributed by atoms with Crippen LogP contribution in [0.2, 0.25) is 15.1 Å². The summed E-state index contributed by atoms with van der Waals surface area (Å²) in [6.07, 6.45) is -8.26. The van der Waals surface area contributed by atoms with Crippen molar-refractivity contribution in [2.75, 3.05) is 12.0 Å². The first-order chi connectivity index (χ1) is 17.6. The molecule has 0 aliphatic heterocycles. The molecule has 6 nitrogen and oxygen atoms in total. The van der Waals surface area contributed by atoms with E-state index in [0.717, 1.165) is 25.1 Å². The predicted molar refractivity (Wildman–Crippen MR) is 136 cm³/mol. The number of benzene rings is 2. The normalized spacial score (nSPS) is 14.3. The van der Waals surface area contributed by atoms with E-state index in [9.17, 15) is 44.3 Å². The molecule has 2 rings (SSSR count). The van der Waals surface area contributed by atoms with Gasteiger partial charge in [-0.25, -0.2) is 8.42 Å². The molecule has 0 radical (unpaired) electrons. The second-order valence-corrected chi connectivity index (χ2v) is 11.7. The molecule has 0 bridgehead atoms. The highest BCUT2D eigenvalue weighted by Gasteiger charge is 2.41. The van der Waals surface area contributed by atoms with Crippen molar-refractivity contribution in [3.63, 3.8) is 0 Å². The van der Waals surface area contributed by atoms with Crippen molar-refractivity contribution in [2.45, 2.75) is 31.2 Å². The maximum absolute atomic E-state index is 14.1. The molecular formula is C23H19Cl3F6N2O4S. The number of primary amides is 1. The molecule has 0 spiro atoms. The Morgan fingerprint density at radius 2 is 1.59 bits per heavy atom. The summed E-state index contributed by atoms with van der Waals surface area (Å²) in [6, 6.07) is 1.75. The Morgan fingerprint density at radius 3 is 2.03 bits per heavy atom. The van der Waals surface area contributed by atoms with Crippen LogP contribution in [0.4, 0.5) is 26.3 Å². The van der Waals surface area contributed by atoms with Gasteiger partial charge in [0.25, 0.3) is 0 Å². The minimum Gasteiger partial charge on any atom is -0.366 e. The molecule has 2 amide bonds. The van der Waals surface area contributed by atoms with Crippen molar-refractivity contribution >= 4 is 62.5 Å². The van der Waals surface area contributed by atoms with Crippen molar-refractivity contribution < 1.29 is 44.3 Å². The van der Waals surface area contributed by atoms with Crippen LogP contribution < -0.4 is 11.1 Å². The molecule has 0 aromatic heterocycles. The summed E-state index contributed by atoms with van der Waals surface area (Å²) in [4.78, 5) is 23.9. The van der Waals surface area contributed by atoms with E-state index in [-0.39, 0.29) is 15.1 Å². The average molecular weight is 640 g/mol. The number of carbonyl (C=O) groups excluding carboxylic acids is 2.